The molecule has 1 fully saturated rings. The predicted molar refractivity (Wildman–Crippen MR) is 82.3 cm³/mol. The molecule has 0 aliphatic carbocycles. The Labute approximate surface area is 129 Å². The first kappa shape index (κ1) is 15.8. The molecule has 21 heavy (non-hydrogen) atoms. The number of carboxylic acid groups (broad SMARTS) is 1. The van der Waals surface area contributed by atoms with Crippen molar-refractivity contribution in [1.82, 2.24) is 9.80 Å². The van der Waals surface area contributed by atoms with Crippen LogP contribution in [-0.4, -0.2) is 47.0 Å². The Morgan fingerprint density at radius 1 is 1.52 bits per heavy atom. The van der Waals surface area contributed by atoms with Gasteiger partial charge in [-0.25, -0.2) is 4.79 Å². The molecule has 0 aromatic carbocycles. The summed E-state index contributed by atoms with van der Waals surface area (Å²) in [5.41, 5.74) is -0.806. The zero-order valence-electron chi connectivity index (χ0n) is 12.7. The molecule has 0 bridgehead atoms. The SMILES string of the molecule is CC(C)C1(C(=O)O)CCN(C(=O)N(C)Cc2cccs2)C1. The molecule has 1 aromatic heterocycles. The first-order chi connectivity index (χ1) is 9.86. The normalized spacial score (nSPS) is 21.8. The Balaban J connectivity index is 2.03. The summed E-state index contributed by atoms with van der Waals surface area (Å²) in [6.07, 6.45) is 0.526. The van der Waals surface area contributed by atoms with Crippen LogP contribution >= 0.6 is 11.3 Å². The number of amides is 2. The van der Waals surface area contributed by atoms with E-state index in [9.17, 15) is 14.7 Å². The summed E-state index contributed by atoms with van der Waals surface area (Å²) in [7, 11) is 1.76. The molecule has 1 N–H and O–H groups in total. The van der Waals surface area contributed by atoms with Crippen LogP contribution in [0.2, 0.25) is 0 Å². The van der Waals surface area contributed by atoms with Crippen LogP contribution in [0.25, 0.3) is 0 Å². The Hall–Kier alpha value is -1.56. The highest BCUT2D eigenvalue weighted by atomic mass is 32.1. The summed E-state index contributed by atoms with van der Waals surface area (Å²) in [5.74, 6) is -0.788. The van der Waals surface area contributed by atoms with Gasteiger partial charge >= 0.3 is 12.0 Å². The molecular formula is C15H22N2O3S. The first-order valence-corrected chi connectivity index (χ1v) is 8.00. The Morgan fingerprint density at radius 3 is 2.71 bits per heavy atom. The molecule has 5 nitrogen and oxygen atoms in total. The summed E-state index contributed by atoms with van der Waals surface area (Å²) in [4.78, 5) is 28.5. The van der Waals surface area contributed by atoms with E-state index >= 15 is 0 Å². The molecule has 1 aromatic rings. The van der Waals surface area contributed by atoms with Crippen LogP contribution in [0.5, 0.6) is 0 Å². The number of aliphatic carboxylic acids is 1. The van der Waals surface area contributed by atoms with Gasteiger partial charge in [-0.2, -0.15) is 0 Å². The van der Waals surface area contributed by atoms with Gasteiger partial charge in [-0.05, 0) is 23.8 Å². The van der Waals surface area contributed by atoms with Gasteiger partial charge in [0, 0.05) is 25.0 Å². The summed E-state index contributed by atoms with van der Waals surface area (Å²) >= 11 is 1.61. The molecular weight excluding hydrogens is 288 g/mol. The van der Waals surface area contributed by atoms with E-state index in [-0.39, 0.29) is 11.9 Å². The molecule has 0 radical (unpaired) electrons. The fourth-order valence-electron chi connectivity index (χ4n) is 2.83. The van der Waals surface area contributed by atoms with Gasteiger partial charge in [0.2, 0.25) is 0 Å². The molecule has 1 unspecified atom stereocenters. The quantitative estimate of drug-likeness (QED) is 0.930. The van der Waals surface area contributed by atoms with Crippen molar-refractivity contribution in [3.8, 4) is 0 Å². The van der Waals surface area contributed by atoms with E-state index in [1.165, 1.54) is 0 Å². The smallest absolute Gasteiger partial charge is 0.320 e. The summed E-state index contributed by atoms with van der Waals surface area (Å²) in [6.45, 7) is 5.20. The molecule has 2 amide bonds. The number of carbonyl (C=O) groups excluding carboxylic acids is 1. The minimum atomic E-state index is -0.806. The van der Waals surface area contributed by atoms with Crippen molar-refractivity contribution in [3.05, 3.63) is 22.4 Å². The van der Waals surface area contributed by atoms with Crippen LogP contribution in [0, 0.1) is 11.3 Å². The van der Waals surface area contributed by atoms with Crippen LogP contribution in [0.1, 0.15) is 25.1 Å². The maximum Gasteiger partial charge on any atom is 0.320 e. The predicted octanol–water partition coefficient (Wildman–Crippen LogP) is 2.73. The van der Waals surface area contributed by atoms with Crippen molar-refractivity contribution >= 4 is 23.3 Å². The number of carbonyl (C=O) groups is 2. The van der Waals surface area contributed by atoms with Crippen molar-refractivity contribution in [2.75, 3.05) is 20.1 Å². The average molecular weight is 310 g/mol. The number of urea groups is 1. The van der Waals surface area contributed by atoms with Crippen molar-refractivity contribution in [3.63, 3.8) is 0 Å². The molecule has 0 saturated carbocycles. The maximum atomic E-state index is 12.5. The summed E-state index contributed by atoms with van der Waals surface area (Å²) in [6, 6.07) is 3.86. The number of hydrogen-bond acceptors (Lipinski definition) is 3. The molecule has 1 saturated heterocycles. The van der Waals surface area contributed by atoms with Crippen LogP contribution < -0.4 is 0 Å². The van der Waals surface area contributed by atoms with Crippen LogP contribution in [0.15, 0.2) is 17.5 Å². The lowest BCUT2D eigenvalue weighted by Crippen LogP contribution is -2.44. The fraction of sp³-hybridized carbons (Fsp3) is 0.600. The van der Waals surface area contributed by atoms with E-state index in [1.807, 2.05) is 31.4 Å². The van der Waals surface area contributed by atoms with E-state index in [1.54, 1.807) is 28.2 Å². The van der Waals surface area contributed by atoms with Crippen molar-refractivity contribution in [1.29, 1.82) is 0 Å². The lowest BCUT2D eigenvalue weighted by atomic mass is 9.76. The third-order valence-electron chi connectivity index (χ3n) is 4.40. The standard InChI is InChI=1S/C15H22N2O3S/c1-11(2)15(13(18)19)6-7-17(10-15)14(20)16(3)9-12-5-4-8-21-12/h4-5,8,11H,6-7,9-10H2,1-3H3,(H,18,19). The minimum absolute atomic E-state index is 0.00963. The van der Waals surface area contributed by atoms with Crippen LogP contribution in [0.3, 0.4) is 0 Å². The van der Waals surface area contributed by atoms with Crippen molar-refractivity contribution in [2.24, 2.45) is 11.3 Å². The van der Waals surface area contributed by atoms with E-state index in [0.29, 0.717) is 26.1 Å². The number of nitrogens with zero attached hydrogens (tertiary/aromatic N) is 2. The zero-order valence-corrected chi connectivity index (χ0v) is 13.5. The van der Waals surface area contributed by atoms with E-state index in [4.69, 9.17) is 0 Å². The first-order valence-electron chi connectivity index (χ1n) is 7.12. The van der Waals surface area contributed by atoms with Crippen LogP contribution in [0.4, 0.5) is 4.79 Å². The molecule has 6 heteroatoms. The van der Waals surface area contributed by atoms with E-state index < -0.39 is 11.4 Å². The van der Waals surface area contributed by atoms with Gasteiger partial charge in [0.05, 0.1) is 12.0 Å². The van der Waals surface area contributed by atoms with Gasteiger partial charge in [-0.15, -0.1) is 11.3 Å². The summed E-state index contributed by atoms with van der Waals surface area (Å²) in [5, 5.41) is 11.5. The molecule has 1 aliphatic rings. The zero-order chi connectivity index (χ0) is 15.6. The van der Waals surface area contributed by atoms with Crippen molar-refractivity contribution in [2.45, 2.75) is 26.8 Å². The van der Waals surface area contributed by atoms with Gasteiger partial charge in [-0.3, -0.25) is 4.79 Å². The van der Waals surface area contributed by atoms with Gasteiger partial charge in [-0.1, -0.05) is 19.9 Å². The highest BCUT2D eigenvalue weighted by Gasteiger charge is 2.48. The largest absolute Gasteiger partial charge is 0.481 e. The fourth-order valence-corrected chi connectivity index (χ4v) is 3.59. The number of hydrogen-bond donors (Lipinski definition) is 1. The highest BCUT2D eigenvalue weighted by molar-refractivity contribution is 7.09. The average Bonchev–Trinajstić information content (AvgIpc) is 3.06. The lowest BCUT2D eigenvalue weighted by molar-refractivity contribution is -0.150. The second-order valence-electron chi connectivity index (χ2n) is 6.01. The lowest BCUT2D eigenvalue weighted by Gasteiger charge is -2.30. The van der Waals surface area contributed by atoms with Crippen LogP contribution in [-0.2, 0) is 11.3 Å². The highest BCUT2D eigenvalue weighted by Crippen LogP contribution is 2.38. The maximum absolute atomic E-state index is 12.5. The molecule has 0 spiro atoms. The second kappa shape index (κ2) is 6.05. The molecule has 2 heterocycles. The number of thiophene rings is 1. The monoisotopic (exact) mass is 310 g/mol. The number of rotatable bonds is 4. The third-order valence-corrected chi connectivity index (χ3v) is 5.26. The van der Waals surface area contributed by atoms with Gasteiger partial charge in [0.15, 0.2) is 0 Å². The molecule has 1 aliphatic heterocycles. The molecule has 2 rings (SSSR count). The molecule has 1 atom stereocenters. The van der Waals surface area contributed by atoms with Crippen molar-refractivity contribution < 1.29 is 14.7 Å². The Bertz CT molecular complexity index is 515. The second-order valence-corrected chi connectivity index (χ2v) is 7.04. The van der Waals surface area contributed by atoms with Gasteiger partial charge < -0.3 is 14.9 Å². The van der Waals surface area contributed by atoms with E-state index in [0.717, 1.165) is 4.88 Å². The number of likely N-dealkylation sites (tertiary alicyclic amines) is 1. The Kier molecular flexibility index (Phi) is 4.56. The molecule has 116 valence electrons. The van der Waals surface area contributed by atoms with E-state index in [2.05, 4.69) is 0 Å². The third kappa shape index (κ3) is 3.05. The Morgan fingerprint density at radius 2 is 2.24 bits per heavy atom. The van der Waals surface area contributed by atoms with Gasteiger partial charge in [0.25, 0.3) is 0 Å². The number of carboxylic acids is 1. The van der Waals surface area contributed by atoms with Gasteiger partial charge in [0.1, 0.15) is 0 Å². The summed E-state index contributed by atoms with van der Waals surface area (Å²) < 4.78 is 0. The topological polar surface area (TPSA) is 60.9 Å². The minimum Gasteiger partial charge on any atom is -0.481 e.